The van der Waals surface area contributed by atoms with Crippen LogP contribution >= 0.6 is 0 Å². The van der Waals surface area contributed by atoms with Crippen LogP contribution in [0.5, 0.6) is 11.5 Å². The molecule has 0 aliphatic carbocycles. The van der Waals surface area contributed by atoms with Crippen molar-refractivity contribution < 1.29 is 9.47 Å². The predicted molar refractivity (Wildman–Crippen MR) is 163 cm³/mol. The van der Waals surface area contributed by atoms with Crippen LogP contribution in [-0.2, 0) is 0 Å². The van der Waals surface area contributed by atoms with Crippen molar-refractivity contribution in [1.29, 1.82) is 0 Å². The number of aromatic amines is 2. The topological polar surface area (TPSA) is 62.9 Å². The summed E-state index contributed by atoms with van der Waals surface area (Å²) in [5.74, 6) is 1.46. The van der Waals surface area contributed by atoms with Gasteiger partial charge in [-0.15, -0.1) is 0 Å². The van der Waals surface area contributed by atoms with E-state index >= 15 is 0 Å². The summed E-state index contributed by atoms with van der Waals surface area (Å²) in [4.78, 5) is 3.25. The lowest BCUT2D eigenvalue weighted by atomic mass is 10.0. The molecule has 6 aromatic rings. The van der Waals surface area contributed by atoms with E-state index in [9.17, 15) is 0 Å². The fraction of sp³-hybridized carbons (Fsp3) is 0.0571. The zero-order chi connectivity index (χ0) is 27.1. The second-order valence-corrected chi connectivity index (χ2v) is 9.46. The average Bonchev–Trinajstić information content (AvgIpc) is 3.68. The summed E-state index contributed by atoms with van der Waals surface area (Å²) in [6.07, 6.45) is 9.78. The number of H-pyrrole nitrogens is 2. The van der Waals surface area contributed by atoms with Crippen molar-refractivity contribution in [1.82, 2.24) is 15.2 Å². The Balaban J connectivity index is 1.17. The van der Waals surface area contributed by atoms with Crippen molar-refractivity contribution in [3.8, 4) is 11.5 Å². The molecule has 5 nitrogen and oxygen atoms in total. The SMILES string of the molecule is COc1cc(OC(c2ccccc2)c2ccccc2)ccc1/C=C/c1cc(/C=C/c2ccc3cc[nH]c3c2)n[nH]1. The Morgan fingerprint density at radius 1 is 0.725 bits per heavy atom. The van der Waals surface area contributed by atoms with E-state index in [1.165, 1.54) is 5.39 Å². The monoisotopic (exact) mass is 523 g/mol. The van der Waals surface area contributed by atoms with E-state index in [1.807, 2.05) is 85.1 Å². The summed E-state index contributed by atoms with van der Waals surface area (Å²) < 4.78 is 12.2. The van der Waals surface area contributed by atoms with E-state index in [0.717, 1.165) is 50.7 Å². The Labute approximate surface area is 233 Å². The first-order chi connectivity index (χ1) is 19.7. The lowest BCUT2D eigenvalue weighted by molar-refractivity contribution is 0.246. The van der Waals surface area contributed by atoms with Crippen LogP contribution in [0.25, 0.3) is 35.2 Å². The van der Waals surface area contributed by atoms with Gasteiger partial charge in [0.1, 0.15) is 17.6 Å². The Morgan fingerprint density at radius 3 is 2.25 bits per heavy atom. The van der Waals surface area contributed by atoms with Crippen LogP contribution < -0.4 is 9.47 Å². The number of methoxy groups -OCH3 is 1. The molecule has 2 heterocycles. The van der Waals surface area contributed by atoms with Crippen molar-refractivity contribution in [3.63, 3.8) is 0 Å². The first-order valence-electron chi connectivity index (χ1n) is 13.2. The summed E-state index contributed by atoms with van der Waals surface area (Å²) >= 11 is 0. The van der Waals surface area contributed by atoms with Gasteiger partial charge in [-0.05, 0) is 70.6 Å². The Hall–Kier alpha value is -5.29. The largest absolute Gasteiger partial charge is 0.496 e. The highest BCUT2D eigenvalue weighted by Crippen LogP contribution is 2.32. The highest BCUT2D eigenvalue weighted by Gasteiger charge is 2.16. The maximum Gasteiger partial charge on any atom is 0.149 e. The molecule has 0 saturated carbocycles. The minimum atomic E-state index is -0.227. The van der Waals surface area contributed by atoms with Crippen molar-refractivity contribution in [2.45, 2.75) is 6.10 Å². The normalized spacial score (nSPS) is 11.7. The van der Waals surface area contributed by atoms with E-state index in [4.69, 9.17) is 9.47 Å². The molecule has 0 unspecified atom stereocenters. The second-order valence-electron chi connectivity index (χ2n) is 9.46. The molecule has 0 amide bonds. The van der Waals surface area contributed by atoms with Crippen molar-refractivity contribution in [2.75, 3.05) is 7.11 Å². The lowest BCUT2D eigenvalue weighted by Gasteiger charge is -2.21. The molecule has 4 aromatic carbocycles. The number of nitrogens with zero attached hydrogens (tertiary/aromatic N) is 1. The van der Waals surface area contributed by atoms with Gasteiger partial charge in [0, 0.05) is 23.3 Å². The summed E-state index contributed by atoms with van der Waals surface area (Å²) in [6.45, 7) is 0. The average molecular weight is 524 g/mol. The van der Waals surface area contributed by atoms with Crippen LogP contribution in [0, 0.1) is 0 Å². The van der Waals surface area contributed by atoms with Crippen molar-refractivity contribution in [2.24, 2.45) is 0 Å². The fourth-order valence-corrected chi connectivity index (χ4v) is 4.68. The molecule has 0 atom stereocenters. The standard InChI is InChI=1S/C35H29N3O2/c1-39-34-24-32(40-35(28-8-4-2-5-9-28)29-10-6-3-7-11-29)19-16-27(34)15-18-31-23-30(37-38-31)17-13-25-12-14-26-20-21-36-33(26)22-25/h2-24,35-36H,1H3,(H,37,38)/b17-13+,18-15+. The number of ether oxygens (including phenoxy) is 2. The first-order valence-corrected chi connectivity index (χ1v) is 13.2. The summed E-state index contributed by atoms with van der Waals surface area (Å²) in [5.41, 5.74) is 7.11. The molecule has 0 fully saturated rings. The summed E-state index contributed by atoms with van der Waals surface area (Å²) in [5, 5.41) is 8.71. The quantitative estimate of drug-likeness (QED) is 0.200. The number of nitrogens with one attached hydrogen (secondary N) is 2. The number of aromatic nitrogens is 3. The Kier molecular flexibility index (Phi) is 7.27. The maximum atomic E-state index is 6.50. The number of benzene rings is 4. The van der Waals surface area contributed by atoms with Gasteiger partial charge >= 0.3 is 0 Å². The number of rotatable bonds is 9. The highest BCUT2D eigenvalue weighted by molar-refractivity contribution is 5.83. The zero-order valence-corrected chi connectivity index (χ0v) is 22.1. The van der Waals surface area contributed by atoms with E-state index in [-0.39, 0.29) is 6.10 Å². The molecule has 5 heteroatoms. The van der Waals surface area contributed by atoms with E-state index in [2.05, 4.69) is 69.8 Å². The minimum Gasteiger partial charge on any atom is -0.496 e. The molecule has 0 aliphatic rings. The molecule has 0 radical (unpaired) electrons. The van der Waals surface area contributed by atoms with Gasteiger partial charge in [-0.2, -0.15) is 5.10 Å². The zero-order valence-electron chi connectivity index (χ0n) is 22.1. The molecule has 0 spiro atoms. The van der Waals surface area contributed by atoms with Gasteiger partial charge in [0.2, 0.25) is 0 Å². The van der Waals surface area contributed by atoms with Crippen LogP contribution in [0.4, 0.5) is 0 Å². The van der Waals surface area contributed by atoms with Gasteiger partial charge in [-0.1, -0.05) is 78.9 Å². The van der Waals surface area contributed by atoms with Crippen LogP contribution in [0.3, 0.4) is 0 Å². The van der Waals surface area contributed by atoms with Crippen LogP contribution in [0.2, 0.25) is 0 Å². The molecule has 0 aliphatic heterocycles. The van der Waals surface area contributed by atoms with Gasteiger partial charge in [0.15, 0.2) is 0 Å². The molecular formula is C35H29N3O2. The Morgan fingerprint density at radius 2 is 1.50 bits per heavy atom. The van der Waals surface area contributed by atoms with Gasteiger partial charge in [0.05, 0.1) is 18.5 Å². The van der Waals surface area contributed by atoms with Gasteiger partial charge in [-0.25, -0.2) is 0 Å². The van der Waals surface area contributed by atoms with Crippen LogP contribution in [0.1, 0.15) is 39.7 Å². The lowest BCUT2D eigenvalue weighted by Crippen LogP contribution is -2.09. The summed E-state index contributed by atoms with van der Waals surface area (Å²) in [6, 6.07) is 36.8. The van der Waals surface area contributed by atoms with Crippen molar-refractivity contribution in [3.05, 3.63) is 149 Å². The van der Waals surface area contributed by atoms with E-state index in [1.54, 1.807) is 7.11 Å². The molecule has 2 aromatic heterocycles. The highest BCUT2D eigenvalue weighted by atomic mass is 16.5. The summed E-state index contributed by atoms with van der Waals surface area (Å²) in [7, 11) is 1.67. The number of hydrogen-bond donors (Lipinski definition) is 2. The molecule has 0 bridgehead atoms. The number of hydrogen-bond acceptors (Lipinski definition) is 3. The van der Waals surface area contributed by atoms with E-state index in [0.29, 0.717) is 0 Å². The van der Waals surface area contributed by atoms with Crippen LogP contribution in [0.15, 0.2) is 115 Å². The Bertz CT molecular complexity index is 1730. The van der Waals surface area contributed by atoms with Crippen molar-refractivity contribution >= 4 is 35.2 Å². The third-order valence-corrected chi connectivity index (χ3v) is 6.75. The number of fused-ring (bicyclic) bond motifs is 1. The second kappa shape index (κ2) is 11.6. The maximum absolute atomic E-state index is 6.50. The van der Waals surface area contributed by atoms with Crippen LogP contribution in [-0.4, -0.2) is 22.3 Å². The molecule has 6 rings (SSSR count). The molecule has 40 heavy (non-hydrogen) atoms. The smallest absolute Gasteiger partial charge is 0.149 e. The van der Waals surface area contributed by atoms with E-state index < -0.39 is 0 Å². The third kappa shape index (κ3) is 5.74. The third-order valence-electron chi connectivity index (χ3n) is 6.75. The molecule has 2 N–H and O–H groups in total. The molecule has 196 valence electrons. The van der Waals surface area contributed by atoms with Gasteiger partial charge < -0.3 is 14.5 Å². The predicted octanol–water partition coefficient (Wildman–Crippen LogP) is 8.41. The van der Waals surface area contributed by atoms with Gasteiger partial charge in [-0.3, -0.25) is 5.10 Å². The van der Waals surface area contributed by atoms with Gasteiger partial charge in [0.25, 0.3) is 0 Å². The minimum absolute atomic E-state index is 0.227. The fourth-order valence-electron chi connectivity index (χ4n) is 4.68. The molecular weight excluding hydrogens is 494 g/mol. The molecule has 0 saturated heterocycles. The first kappa shape index (κ1) is 25.0.